The molecule has 0 heterocycles. The Morgan fingerprint density at radius 1 is 1.31 bits per heavy atom. The van der Waals surface area contributed by atoms with Crippen LogP contribution in [0.2, 0.25) is 0 Å². The highest BCUT2D eigenvalue weighted by molar-refractivity contribution is 5.79. The Morgan fingerprint density at radius 3 is 2.44 bits per heavy atom. The Balaban J connectivity index is 2.30. The van der Waals surface area contributed by atoms with E-state index in [1.54, 1.807) is 0 Å². The lowest BCUT2D eigenvalue weighted by Gasteiger charge is -2.21. The van der Waals surface area contributed by atoms with E-state index in [9.17, 15) is 9.59 Å². The van der Waals surface area contributed by atoms with Crippen LogP contribution in [0.4, 0.5) is 0 Å². The molecular weight excluding hydrogens is 206 g/mol. The molecule has 0 aliphatic heterocycles. The van der Waals surface area contributed by atoms with E-state index in [1.807, 2.05) is 6.92 Å². The fourth-order valence-corrected chi connectivity index (χ4v) is 2.14. The van der Waals surface area contributed by atoms with Crippen LogP contribution >= 0.6 is 0 Å². The van der Waals surface area contributed by atoms with Crippen molar-refractivity contribution in [3.63, 3.8) is 0 Å². The maximum absolute atomic E-state index is 11.7. The monoisotopic (exact) mass is 227 g/mol. The van der Waals surface area contributed by atoms with Crippen molar-refractivity contribution >= 4 is 11.9 Å². The molecule has 4 nitrogen and oxygen atoms in total. The summed E-state index contributed by atoms with van der Waals surface area (Å²) in [5, 5.41) is 11.6. The molecule has 0 saturated heterocycles. The lowest BCUT2D eigenvalue weighted by molar-refractivity contribution is -0.141. The first-order valence-electron chi connectivity index (χ1n) is 6.15. The summed E-state index contributed by atoms with van der Waals surface area (Å²) in [7, 11) is 0. The van der Waals surface area contributed by atoms with Gasteiger partial charge in [0.05, 0.1) is 5.92 Å². The Kier molecular flexibility index (Phi) is 5.29. The van der Waals surface area contributed by atoms with Gasteiger partial charge in [0.25, 0.3) is 0 Å². The quantitative estimate of drug-likeness (QED) is 0.752. The van der Waals surface area contributed by atoms with Gasteiger partial charge in [0, 0.05) is 12.5 Å². The SMILES string of the molecule is CCC(CNC(=O)C1CCCCC1)C(=O)O. The van der Waals surface area contributed by atoms with E-state index in [2.05, 4.69) is 5.32 Å². The molecule has 1 fully saturated rings. The molecule has 2 N–H and O–H groups in total. The maximum atomic E-state index is 11.7. The molecule has 1 unspecified atom stereocenters. The molecular formula is C12H21NO3. The number of carboxylic acid groups (broad SMARTS) is 1. The summed E-state index contributed by atoms with van der Waals surface area (Å²) in [6.45, 7) is 2.09. The number of rotatable bonds is 5. The van der Waals surface area contributed by atoms with Crippen molar-refractivity contribution in [2.45, 2.75) is 45.4 Å². The number of amides is 1. The molecule has 1 atom stereocenters. The Hall–Kier alpha value is -1.06. The van der Waals surface area contributed by atoms with E-state index in [-0.39, 0.29) is 18.4 Å². The molecule has 0 bridgehead atoms. The van der Waals surface area contributed by atoms with Crippen LogP contribution in [0, 0.1) is 11.8 Å². The second kappa shape index (κ2) is 6.51. The molecule has 1 aliphatic carbocycles. The maximum Gasteiger partial charge on any atom is 0.308 e. The van der Waals surface area contributed by atoms with Crippen molar-refractivity contribution < 1.29 is 14.7 Å². The van der Waals surface area contributed by atoms with Gasteiger partial charge in [0.2, 0.25) is 5.91 Å². The summed E-state index contributed by atoms with van der Waals surface area (Å²) in [5.74, 6) is -1.13. The number of carboxylic acids is 1. The predicted octanol–water partition coefficient (Wildman–Crippen LogP) is 1.79. The Morgan fingerprint density at radius 2 is 1.94 bits per heavy atom. The minimum Gasteiger partial charge on any atom is -0.481 e. The van der Waals surface area contributed by atoms with Crippen LogP contribution < -0.4 is 5.32 Å². The van der Waals surface area contributed by atoms with Crippen molar-refractivity contribution in [3.8, 4) is 0 Å². The van der Waals surface area contributed by atoms with E-state index >= 15 is 0 Å². The van der Waals surface area contributed by atoms with E-state index in [0.29, 0.717) is 6.42 Å². The minimum atomic E-state index is -0.827. The zero-order valence-corrected chi connectivity index (χ0v) is 9.87. The van der Waals surface area contributed by atoms with Crippen LogP contribution in [0.1, 0.15) is 45.4 Å². The third kappa shape index (κ3) is 3.83. The second-order valence-corrected chi connectivity index (χ2v) is 4.52. The standard InChI is InChI=1S/C12H21NO3/c1-2-9(12(15)16)8-13-11(14)10-6-4-3-5-7-10/h9-10H,2-8H2,1H3,(H,13,14)(H,15,16). The van der Waals surface area contributed by atoms with Gasteiger partial charge in [-0.05, 0) is 19.3 Å². The zero-order valence-electron chi connectivity index (χ0n) is 9.87. The van der Waals surface area contributed by atoms with Crippen LogP contribution in [0.15, 0.2) is 0 Å². The minimum absolute atomic E-state index is 0.0411. The second-order valence-electron chi connectivity index (χ2n) is 4.52. The fourth-order valence-electron chi connectivity index (χ4n) is 2.14. The van der Waals surface area contributed by atoms with Crippen LogP contribution in [0.3, 0.4) is 0 Å². The van der Waals surface area contributed by atoms with Gasteiger partial charge in [-0.15, -0.1) is 0 Å². The summed E-state index contributed by atoms with van der Waals surface area (Å²) in [6, 6.07) is 0. The van der Waals surface area contributed by atoms with Crippen LogP contribution in [-0.4, -0.2) is 23.5 Å². The molecule has 1 amide bonds. The lowest BCUT2D eigenvalue weighted by Crippen LogP contribution is -2.37. The van der Waals surface area contributed by atoms with Crippen molar-refractivity contribution in [2.24, 2.45) is 11.8 Å². The molecule has 0 radical (unpaired) electrons. The molecule has 16 heavy (non-hydrogen) atoms. The van der Waals surface area contributed by atoms with Gasteiger partial charge in [-0.25, -0.2) is 0 Å². The van der Waals surface area contributed by atoms with Crippen molar-refractivity contribution in [2.75, 3.05) is 6.54 Å². The number of aliphatic carboxylic acids is 1. The molecule has 1 saturated carbocycles. The largest absolute Gasteiger partial charge is 0.481 e. The molecule has 0 aromatic heterocycles. The van der Waals surface area contributed by atoms with Gasteiger partial charge in [-0.3, -0.25) is 9.59 Å². The molecule has 1 rings (SSSR count). The van der Waals surface area contributed by atoms with Gasteiger partial charge in [-0.2, -0.15) is 0 Å². The van der Waals surface area contributed by atoms with E-state index in [1.165, 1.54) is 6.42 Å². The summed E-state index contributed by atoms with van der Waals surface area (Å²) in [5.41, 5.74) is 0. The van der Waals surface area contributed by atoms with Gasteiger partial charge in [-0.1, -0.05) is 26.2 Å². The predicted molar refractivity (Wildman–Crippen MR) is 61.0 cm³/mol. The van der Waals surface area contributed by atoms with Gasteiger partial charge in [0.15, 0.2) is 0 Å². The summed E-state index contributed by atoms with van der Waals surface area (Å²) in [4.78, 5) is 22.5. The van der Waals surface area contributed by atoms with Gasteiger partial charge in [0.1, 0.15) is 0 Å². The first-order valence-corrected chi connectivity index (χ1v) is 6.15. The highest BCUT2D eigenvalue weighted by Gasteiger charge is 2.22. The first-order chi connectivity index (χ1) is 7.65. The average molecular weight is 227 g/mol. The number of hydrogen-bond acceptors (Lipinski definition) is 2. The fraction of sp³-hybridized carbons (Fsp3) is 0.833. The number of nitrogens with one attached hydrogen (secondary N) is 1. The van der Waals surface area contributed by atoms with Crippen molar-refractivity contribution in [3.05, 3.63) is 0 Å². The van der Waals surface area contributed by atoms with Crippen LogP contribution in [0.25, 0.3) is 0 Å². The zero-order chi connectivity index (χ0) is 12.0. The first kappa shape index (κ1) is 13.0. The number of carbonyl (C=O) groups is 2. The Labute approximate surface area is 96.4 Å². The highest BCUT2D eigenvalue weighted by atomic mass is 16.4. The Bertz CT molecular complexity index is 247. The number of carbonyl (C=O) groups excluding carboxylic acids is 1. The van der Waals surface area contributed by atoms with E-state index in [4.69, 9.17) is 5.11 Å². The van der Waals surface area contributed by atoms with Gasteiger partial charge < -0.3 is 10.4 Å². The van der Waals surface area contributed by atoms with Crippen LogP contribution in [0.5, 0.6) is 0 Å². The van der Waals surface area contributed by atoms with Crippen LogP contribution in [-0.2, 0) is 9.59 Å². The molecule has 0 spiro atoms. The third-order valence-corrected chi connectivity index (χ3v) is 3.34. The third-order valence-electron chi connectivity index (χ3n) is 3.34. The van der Waals surface area contributed by atoms with Crippen molar-refractivity contribution in [1.29, 1.82) is 0 Å². The molecule has 4 heteroatoms. The lowest BCUT2D eigenvalue weighted by atomic mass is 9.88. The number of hydrogen-bond donors (Lipinski definition) is 2. The summed E-state index contributed by atoms with van der Waals surface area (Å²) in [6.07, 6.45) is 5.92. The molecule has 0 aromatic carbocycles. The van der Waals surface area contributed by atoms with E-state index in [0.717, 1.165) is 25.7 Å². The summed E-state index contributed by atoms with van der Waals surface area (Å²) < 4.78 is 0. The molecule has 92 valence electrons. The summed E-state index contributed by atoms with van der Waals surface area (Å²) >= 11 is 0. The van der Waals surface area contributed by atoms with E-state index < -0.39 is 11.9 Å². The average Bonchev–Trinajstić information content (AvgIpc) is 2.30. The smallest absolute Gasteiger partial charge is 0.308 e. The van der Waals surface area contributed by atoms with Gasteiger partial charge >= 0.3 is 5.97 Å². The topological polar surface area (TPSA) is 66.4 Å². The molecule has 1 aliphatic rings. The normalized spacial score (nSPS) is 19.1. The molecule has 0 aromatic rings. The van der Waals surface area contributed by atoms with Crippen molar-refractivity contribution in [1.82, 2.24) is 5.32 Å². The highest BCUT2D eigenvalue weighted by Crippen LogP contribution is 2.23.